The summed E-state index contributed by atoms with van der Waals surface area (Å²) in [6.07, 6.45) is 1.19. The number of hydrogen-bond donors (Lipinski definition) is 2. The van der Waals surface area contributed by atoms with Gasteiger partial charge in [0.05, 0.1) is 5.75 Å². The minimum absolute atomic E-state index is 0.0525. The second-order valence-electron chi connectivity index (χ2n) is 5.94. The molecule has 0 bridgehead atoms. The summed E-state index contributed by atoms with van der Waals surface area (Å²) in [5, 5.41) is 2.78. The van der Waals surface area contributed by atoms with Crippen molar-refractivity contribution >= 4 is 15.7 Å². The summed E-state index contributed by atoms with van der Waals surface area (Å²) in [5.41, 5.74) is 9.28. The third kappa shape index (κ3) is 5.18. The third-order valence-corrected chi connectivity index (χ3v) is 4.54. The summed E-state index contributed by atoms with van der Waals surface area (Å²) < 4.78 is 23.0. The van der Waals surface area contributed by atoms with E-state index >= 15 is 0 Å². The van der Waals surface area contributed by atoms with Gasteiger partial charge >= 0.3 is 0 Å². The predicted octanol–water partition coefficient (Wildman–Crippen LogP) is 1.86. The highest BCUT2D eigenvalue weighted by Gasteiger charge is 2.16. The standard InChI is InChI=1S/C18H22N2O3S/c1-13-7-9-14(10-8-13)17(19)18(21)20-11-15-5-3-4-6-16(15)12-24(2,22)23/h3-10,17H,11-12,19H2,1-2H3,(H,20,21). The van der Waals surface area contributed by atoms with Gasteiger partial charge in [0, 0.05) is 12.8 Å². The molecule has 1 amide bonds. The molecule has 6 heteroatoms. The molecular weight excluding hydrogens is 324 g/mol. The Labute approximate surface area is 142 Å². The Balaban J connectivity index is 2.05. The summed E-state index contributed by atoms with van der Waals surface area (Å²) in [4.78, 5) is 12.2. The van der Waals surface area contributed by atoms with Gasteiger partial charge in [0.25, 0.3) is 0 Å². The Morgan fingerprint density at radius 3 is 2.25 bits per heavy atom. The van der Waals surface area contributed by atoms with Crippen molar-refractivity contribution in [3.8, 4) is 0 Å². The fourth-order valence-corrected chi connectivity index (χ4v) is 3.22. The molecule has 24 heavy (non-hydrogen) atoms. The minimum atomic E-state index is -3.14. The number of rotatable bonds is 6. The van der Waals surface area contributed by atoms with Crippen LogP contribution in [0.15, 0.2) is 48.5 Å². The topological polar surface area (TPSA) is 89.3 Å². The average molecular weight is 346 g/mol. The molecule has 0 radical (unpaired) electrons. The Bertz CT molecular complexity index is 814. The Hall–Kier alpha value is -2.18. The minimum Gasteiger partial charge on any atom is -0.350 e. The van der Waals surface area contributed by atoms with Crippen LogP contribution >= 0.6 is 0 Å². The maximum absolute atomic E-state index is 12.2. The molecule has 0 aromatic heterocycles. The normalized spacial score (nSPS) is 12.6. The summed E-state index contributed by atoms with van der Waals surface area (Å²) in [6.45, 7) is 2.21. The summed E-state index contributed by atoms with van der Waals surface area (Å²) in [7, 11) is -3.14. The molecule has 0 aliphatic rings. The van der Waals surface area contributed by atoms with Gasteiger partial charge in [-0.05, 0) is 23.6 Å². The molecule has 128 valence electrons. The van der Waals surface area contributed by atoms with Crippen LogP contribution in [0.3, 0.4) is 0 Å². The number of aryl methyl sites for hydroxylation is 1. The lowest BCUT2D eigenvalue weighted by atomic mass is 10.0. The van der Waals surface area contributed by atoms with E-state index in [-0.39, 0.29) is 18.2 Å². The van der Waals surface area contributed by atoms with E-state index in [0.29, 0.717) is 5.56 Å². The molecule has 0 aliphatic carbocycles. The third-order valence-electron chi connectivity index (χ3n) is 3.71. The first-order chi connectivity index (χ1) is 11.3. The highest BCUT2D eigenvalue weighted by molar-refractivity contribution is 7.89. The number of benzene rings is 2. The fraction of sp³-hybridized carbons (Fsp3) is 0.278. The van der Waals surface area contributed by atoms with Crippen molar-refractivity contribution in [2.24, 2.45) is 5.73 Å². The maximum atomic E-state index is 12.2. The van der Waals surface area contributed by atoms with Gasteiger partial charge in [0.15, 0.2) is 9.84 Å². The molecule has 0 saturated carbocycles. The van der Waals surface area contributed by atoms with Crippen molar-refractivity contribution in [2.45, 2.75) is 25.3 Å². The van der Waals surface area contributed by atoms with Crippen LogP contribution < -0.4 is 11.1 Å². The SMILES string of the molecule is Cc1ccc(C(N)C(=O)NCc2ccccc2CS(C)(=O)=O)cc1. The second-order valence-corrected chi connectivity index (χ2v) is 8.09. The van der Waals surface area contributed by atoms with Crippen LogP contribution in [0.2, 0.25) is 0 Å². The quantitative estimate of drug-likeness (QED) is 0.835. The lowest BCUT2D eigenvalue weighted by molar-refractivity contribution is -0.122. The van der Waals surface area contributed by atoms with Gasteiger partial charge in [-0.15, -0.1) is 0 Å². The fourth-order valence-electron chi connectivity index (χ4n) is 2.37. The van der Waals surface area contributed by atoms with Crippen molar-refractivity contribution in [3.05, 3.63) is 70.8 Å². The molecule has 0 aliphatic heterocycles. The molecule has 2 aromatic carbocycles. The van der Waals surface area contributed by atoms with Crippen LogP contribution in [-0.4, -0.2) is 20.6 Å². The van der Waals surface area contributed by atoms with Gasteiger partial charge in [-0.3, -0.25) is 4.79 Å². The van der Waals surface area contributed by atoms with Crippen LogP contribution in [0.25, 0.3) is 0 Å². The first-order valence-electron chi connectivity index (χ1n) is 7.60. The number of carbonyl (C=O) groups is 1. The Kier molecular flexibility index (Phi) is 5.75. The molecule has 0 spiro atoms. The highest BCUT2D eigenvalue weighted by atomic mass is 32.2. The van der Waals surface area contributed by atoms with Crippen molar-refractivity contribution < 1.29 is 13.2 Å². The van der Waals surface area contributed by atoms with Crippen molar-refractivity contribution in [1.82, 2.24) is 5.32 Å². The monoisotopic (exact) mass is 346 g/mol. The number of nitrogens with two attached hydrogens (primary N) is 1. The molecule has 0 saturated heterocycles. The summed E-state index contributed by atoms with van der Waals surface area (Å²) in [5.74, 6) is -0.351. The van der Waals surface area contributed by atoms with Crippen LogP contribution in [0, 0.1) is 6.92 Å². The zero-order valence-electron chi connectivity index (χ0n) is 13.8. The van der Waals surface area contributed by atoms with Gasteiger partial charge in [0.2, 0.25) is 5.91 Å². The number of amides is 1. The predicted molar refractivity (Wildman–Crippen MR) is 94.9 cm³/mol. The molecule has 0 fully saturated rings. The first kappa shape index (κ1) is 18.2. The molecule has 0 heterocycles. The van der Waals surface area contributed by atoms with Crippen molar-refractivity contribution in [2.75, 3.05) is 6.26 Å². The van der Waals surface area contributed by atoms with E-state index in [9.17, 15) is 13.2 Å². The average Bonchev–Trinajstić information content (AvgIpc) is 2.52. The van der Waals surface area contributed by atoms with E-state index in [4.69, 9.17) is 5.73 Å². The smallest absolute Gasteiger partial charge is 0.241 e. The molecule has 3 N–H and O–H groups in total. The van der Waals surface area contributed by atoms with Gasteiger partial charge < -0.3 is 11.1 Å². The van der Waals surface area contributed by atoms with Gasteiger partial charge in [-0.2, -0.15) is 0 Å². The molecule has 5 nitrogen and oxygen atoms in total. The van der Waals surface area contributed by atoms with E-state index in [0.717, 1.165) is 16.7 Å². The van der Waals surface area contributed by atoms with Gasteiger partial charge in [-0.25, -0.2) is 8.42 Å². The van der Waals surface area contributed by atoms with E-state index < -0.39 is 15.9 Å². The molecule has 2 rings (SSSR count). The Morgan fingerprint density at radius 2 is 1.67 bits per heavy atom. The zero-order valence-corrected chi connectivity index (χ0v) is 14.6. The molecule has 1 atom stereocenters. The molecular formula is C18H22N2O3S. The number of sulfone groups is 1. The number of nitrogens with one attached hydrogen (secondary N) is 1. The van der Waals surface area contributed by atoms with Crippen molar-refractivity contribution in [3.63, 3.8) is 0 Å². The van der Waals surface area contributed by atoms with E-state index in [1.807, 2.05) is 37.3 Å². The maximum Gasteiger partial charge on any atom is 0.241 e. The number of hydrogen-bond acceptors (Lipinski definition) is 4. The van der Waals surface area contributed by atoms with Crippen LogP contribution in [0.5, 0.6) is 0 Å². The second kappa shape index (κ2) is 7.59. The lowest BCUT2D eigenvalue weighted by Crippen LogP contribution is -2.33. The lowest BCUT2D eigenvalue weighted by Gasteiger charge is -2.14. The van der Waals surface area contributed by atoms with Crippen molar-refractivity contribution in [1.29, 1.82) is 0 Å². The zero-order chi connectivity index (χ0) is 17.7. The van der Waals surface area contributed by atoms with Crippen LogP contribution in [-0.2, 0) is 26.9 Å². The van der Waals surface area contributed by atoms with E-state index in [2.05, 4.69) is 5.32 Å². The number of carbonyl (C=O) groups excluding carboxylic acids is 1. The van der Waals surface area contributed by atoms with E-state index in [1.54, 1.807) is 18.2 Å². The summed E-state index contributed by atoms with van der Waals surface area (Å²) >= 11 is 0. The van der Waals surface area contributed by atoms with Gasteiger partial charge in [-0.1, -0.05) is 54.1 Å². The molecule has 2 aromatic rings. The van der Waals surface area contributed by atoms with Crippen LogP contribution in [0.4, 0.5) is 0 Å². The first-order valence-corrected chi connectivity index (χ1v) is 9.66. The largest absolute Gasteiger partial charge is 0.350 e. The van der Waals surface area contributed by atoms with E-state index in [1.165, 1.54) is 6.26 Å². The highest BCUT2D eigenvalue weighted by Crippen LogP contribution is 2.14. The van der Waals surface area contributed by atoms with Gasteiger partial charge in [0.1, 0.15) is 6.04 Å². The summed E-state index contributed by atoms with van der Waals surface area (Å²) in [6, 6.07) is 13.9. The van der Waals surface area contributed by atoms with Crippen LogP contribution in [0.1, 0.15) is 28.3 Å². The molecule has 1 unspecified atom stereocenters. The Morgan fingerprint density at radius 1 is 1.08 bits per heavy atom.